The number of phenols is 1. The van der Waals surface area contributed by atoms with Crippen LogP contribution in [0, 0.1) is 10.1 Å². The van der Waals surface area contributed by atoms with Gasteiger partial charge in [0, 0.05) is 21.8 Å². The molecule has 0 aliphatic rings. The lowest BCUT2D eigenvalue weighted by molar-refractivity contribution is -0.385. The van der Waals surface area contributed by atoms with Crippen LogP contribution in [0.3, 0.4) is 0 Å². The number of rotatable bonds is 4. The largest absolute Gasteiger partial charge is 0.502 e. The molecule has 3 N–H and O–H groups in total. The molecule has 9 heteroatoms. The number of nitrogens with zero attached hydrogens (tertiary/aromatic N) is 2. The van der Waals surface area contributed by atoms with Crippen molar-refractivity contribution in [2.75, 3.05) is 5.32 Å². The highest BCUT2D eigenvalue weighted by Gasteiger charge is 2.12. The molecule has 0 aromatic heterocycles. The minimum absolute atomic E-state index is 0.360. The van der Waals surface area contributed by atoms with Gasteiger partial charge in [0.25, 0.3) is 0 Å². The number of nitrogens with one attached hydrogen (secondary N) is 2. The van der Waals surface area contributed by atoms with E-state index in [9.17, 15) is 20.0 Å². The van der Waals surface area contributed by atoms with Gasteiger partial charge in [-0.05, 0) is 36.4 Å². The Morgan fingerprint density at radius 1 is 1.26 bits per heavy atom. The Morgan fingerprint density at radius 2 is 1.96 bits per heavy atom. The number of amides is 2. The summed E-state index contributed by atoms with van der Waals surface area (Å²) in [5.74, 6) is -0.437. The topological polar surface area (TPSA) is 117 Å². The Labute approximate surface area is 139 Å². The Hall–Kier alpha value is -2.94. The second kappa shape index (κ2) is 7.36. The molecule has 0 aliphatic heterocycles. The number of hydrazone groups is 1. The van der Waals surface area contributed by atoms with Crippen LogP contribution in [0.5, 0.6) is 5.75 Å². The van der Waals surface area contributed by atoms with Gasteiger partial charge in [0.1, 0.15) is 0 Å². The standard InChI is InChI=1S/C14H11BrN4O4/c15-10-2-4-11(5-3-10)17-14(21)18-16-8-9-1-6-13(20)12(7-9)19(22)23/h1-8,20H,(H2,17,18,21)/b16-8+. The molecule has 2 aromatic carbocycles. The van der Waals surface area contributed by atoms with E-state index in [1.54, 1.807) is 24.3 Å². The quantitative estimate of drug-likeness (QED) is 0.430. The van der Waals surface area contributed by atoms with Crippen molar-refractivity contribution < 1.29 is 14.8 Å². The summed E-state index contributed by atoms with van der Waals surface area (Å²) in [4.78, 5) is 21.6. The molecule has 0 heterocycles. The van der Waals surface area contributed by atoms with Gasteiger partial charge in [-0.1, -0.05) is 15.9 Å². The molecule has 118 valence electrons. The SMILES string of the molecule is O=C(N/N=C/c1ccc(O)c([N+](=O)[O-])c1)Nc1ccc(Br)cc1. The molecule has 0 saturated carbocycles. The van der Waals surface area contributed by atoms with Crippen LogP contribution in [0.25, 0.3) is 0 Å². The van der Waals surface area contributed by atoms with Gasteiger partial charge in [-0.3, -0.25) is 10.1 Å². The third kappa shape index (κ3) is 4.78. The van der Waals surface area contributed by atoms with Crippen molar-refractivity contribution in [2.24, 2.45) is 5.10 Å². The first-order chi connectivity index (χ1) is 11.0. The maximum Gasteiger partial charge on any atom is 0.339 e. The average Bonchev–Trinajstić information content (AvgIpc) is 2.51. The third-order valence-electron chi connectivity index (χ3n) is 2.68. The molecule has 0 saturated heterocycles. The second-order valence-electron chi connectivity index (χ2n) is 4.34. The van der Waals surface area contributed by atoms with E-state index in [2.05, 4.69) is 31.8 Å². The molecule has 2 amide bonds. The number of halogens is 1. The fraction of sp³-hybridized carbons (Fsp3) is 0. The Bertz CT molecular complexity index is 762. The fourth-order valence-electron chi connectivity index (χ4n) is 1.62. The predicted octanol–water partition coefficient (Wildman–Crippen LogP) is 3.22. The minimum atomic E-state index is -0.708. The van der Waals surface area contributed by atoms with Gasteiger partial charge in [0.2, 0.25) is 0 Å². The lowest BCUT2D eigenvalue weighted by Gasteiger charge is -2.03. The van der Waals surface area contributed by atoms with Crippen molar-refractivity contribution in [3.05, 3.63) is 62.6 Å². The monoisotopic (exact) mass is 378 g/mol. The number of carbonyl (C=O) groups excluding carboxylic acids is 1. The molecule has 0 bridgehead atoms. The van der Waals surface area contributed by atoms with E-state index in [4.69, 9.17) is 0 Å². The number of phenolic OH excluding ortho intramolecular Hbond substituents is 1. The zero-order chi connectivity index (χ0) is 16.8. The molecular weight excluding hydrogens is 368 g/mol. The fourth-order valence-corrected chi connectivity index (χ4v) is 1.89. The molecule has 0 spiro atoms. The summed E-state index contributed by atoms with van der Waals surface area (Å²) in [5, 5.41) is 26.3. The number of nitro groups is 1. The van der Waals surface area contributed by atoms with E-state index in [0.717, 1.165) is 10.5 Å². The number of carbonyl (C=O) groups is 1. The highest BCUT2D eigenvalue weighted by Crippen LogP contribution is 2.25. The summed E-state index contributed by atoms with van der Waals surface area (Å²) in [6, 6.07) is 10.2. The van der Waals surface area contributed by atoms with Gasteiger partial charge in [-0.15, -0.1) is 0 Å². The van der Waals surface area contributed by atoms with Crippen LogP contribution in [0.2, 0.25) is 0 Å². The van der Waals surface area contributed by atoms with Gasteiger partial charge in [-0.2, -0.15) is 5.10 Å². The van der Waals surface area contributed by atoms with E-state index < -0.39 is 22.4 Å². The van der Waals surface area contributed by atoms with Crippen molar-refractivity contribution in [2.45, 2.75) is 0 Å². The van der Waals surface area contributed by atoms with Crippen molar-refractivity contribution in [3.8, 4) is 5.75 Å². The first-order valence-electron chi connectivity index (χ1n) is 6.29. The molecule has 2 aromatic rings. The smallest absolute Gasteiger partial charge is 0.339 e. The van der Waals surface area contributed by atoms with Gasteiger partial charge in [0.15, 0.2) is 5.75 Å². The summed E-state index contributed by atoms with van der Waals surface area (Å²) >= 11 is 3.28. The molecule has 0 unspecified atom stereocenters. The van der Waals surface area contributed by atoms with Crippen molar-refractivity contribution >= 4 is 39.6 Å². The minimum Gasteiger partial charge on any atom is -0.502 e. The normalized spacial score (nSPS) is 10.5. The van der Waals surface area contributed by atoms with Crippen molar-refractivity contribution in [3.63, 3.8) is 0 Å². The van der Waals surface area contributed by atoms with Crippen LogP contribution in [0.1, 0.15) is 5.56 Å². The summed E-state index contributed by atoms with van der Waals surface area (Å²) < 4.78 is 0.885. The molecular formula is C14H11BrN4O4. The molecule has 23 heavy (non-hydrogen) atoms. The number of benzene rings is 2. The number of hydrogen-bond acceptors (Lipinski definition) is 5. The summed E-state index contributed by atoms with van der Waals surface area (Å²) in [6.07, 6.45) is 1.23. The number of anilines is 1. The van der Waals surface area contributed by atoms with Crippen LogP contribution in [0.4, 0.5) is 16.2 Å². The van der Waals surface area contributed by atoms with Crippen LogP contribution in [-0.4, -0.2) is 22.3 Å². The lowest BCUT2D eigenvalue weighted by atomic mass is 10.2. The lowest BCUT2D eigenvalue weighted by Crippen LogP contribution is -2.24. The summed E-state index contributed by atoms with van der Waals surface area (Å²) in [6.45, 7) is 0. The van der Waals surface area contributed by atoms with Crippen molar-refractivity contribution in [1.29, 1.82) is 0 Å². The van der Waals surface area contributed by atoms with Crippen LogP contribution < -0.4 is 10.7 Å². The zero-order valence-corrected chi connectivity index (χ0v) is 13.1. The first kappa shape index (κ1) is 16.4. The van der Waals surface area contributed by atoms with E-state index in [1.165, 1.54) is 18.3 Å². The molecule has 8 nitrogen and oxygen atoms in total. The Balaban J connectivity index is 1.96. The van der Waals surface area contributed by atoms with Crippen molar-refractivity contribution in [1.82, 2.24) is 5.43 Å². The maximum atomic E-state index is 11.6. The predicted molar refractivity (Wildman–Crippen MR) is 88.7 cm³/mol. The highest BCUT2D eigenvalue weighted by molar-refractivity contribution is 9.10. The molecule has 0 aliphatic carbocycles. The van der Waals surface area contributed by atoms with E-state index in [0.29, 0.717) is 11.3 Å². The third-order valence-corrected chi connectivity index (χ3v) is 3.21. The Morgan fingerprint density at radius 3 is 2.61 bits per heavy atom. The van der Waals surface area contributed by atoms with Gasteiger partial charge < -0.3 is 10.4 Å². The van der Waals surface area contributed by atoms with Gasteiger partial charge in [-0.25, -0.2) is 10.2 Å². The van der Waals surface area contributed by atoms with E-state index in [1.807, 2.05) is 0 Å². The second-order valence-corrected chi connectivity index (χ2v) is 5.25. The molecule has 2 rings (SSSR count). The highest BCUT2D eigenvalue weighted by atomic mass is 79.9. The Kier molecular flexibility index (Phi) is 5.26. The van der Waals surface area contributed by atoms with Gasteiger partial charge in [0.05, 0.1) is 11.1 Å². The van der Waals surface area contributed by atoms with Crippen LogP contribution in [0.15, 0.2) is 52.0 Å². The summed E-state index contributed by atoms with van der Waals surface area (Å²) in [7, 11) is 0. The summed E-state index contributed by atoms with van der Waals surface area (Å²) in [5.41, 5.74) is 2.74. The van der Waals surface area contributed by atoms with Crippen LogP contribution >= 0.6 is 15.9 Å². The number of hydrogen-bond donors (Lipinski definition) is 3. The average molecular weight is 379 g/mol. The molecule has 0 fully saturated rings. The zero-order valence-electron chi connectivity index (χ0n) is 11.6. The maximum absolute atomic E-state index is 11.6. The number of nitro benzene ring substituents is 1. The molecule has 0 atom stereocenters. The first-order valence-corrected chi connectivity index (χ1v) is 7.08. The number of aromatic hydroxyl groups is 1. The van der Waals surface area contributed by atoms with E-state index in [-0.39, 0.29) is 0 Å². The van der Waals surface area contributed by atoms with E-state index >= 15 is 0 Å². The van der Waals surface area contributed by atoms with Gasteiger partial charge >= 0.3 is 11.7 Å². The molecule has 0 radical (unpaired) electrons. The number of urea groups is 1. The van der Waals surface area contributed by atoms with Crippen LogP contribution in [-0.2, 0) is 0 Å².